The molecule has 1 saturated heterocycles. The fraction of sp³-hybridized carbons (Fsp3) is 0.632. The molecule has 1 aromatic carbocycles. The minimum absolute atomic E-state index is 0.0847. The molecule has 126 valence electrons. The Morgan fingerprint density at radius 3 is 3.08 bits per heavy atom. The SMILES string of the molecule is COc1ccc2c3c1OC1C(SC#N)CCC4C(C2)N(C)CCC341. The summed E-state index contributed by atoms with van der Waals surface area (Å²) in [7, 11) is 3.99. The number of hydrogen-bond acceptors (Lipinski definition) is 5. The Morgan fingerprint density at radius 2 is 2.29 bits per heavy atom. The molecule has 4 aliphatic rings. The lowest BCUT2D eigenvalue weighted by molar-refractivity contribution is -0.0394. The van der Waals surface area contributed by atoms with Crippen molar-refractivity contribution in [2.75, 3.05) is 20.7 Å². The van der Waals surface area contributed by atoms with Crippen LogP contribution in [-0.4, -0.2) is 43.0 Å². The lowest BCUT2D eigenvalue weighted by atomic mass is 9.52. The first-order valence-corrected chi connectivity index (χ1v) is 9.70. The Bertz CT molecular complexity index is 746. The molecule has 5 heteroatoms. The Kier molecular flexibility index (Phi) is 3.15. The third-order valence-electron chi connectivity index (χ3n) is 6.95. The second-order valence-corrected chi connectivity index (χ2v) is 8.67. The second-order valence-electron chi connectivity index (χ2n) is 7.64. The highest BCUT2D eigenvalue weighted by molar-refractivity contribution is 8.04. The van der Waals surface area contributed by atoms with Gasteiger partial charge in [0.1, 0.15) is 11.5 Å². The van der Waals surface area contributed by atoms with Crippen molar-refractivity contribution in [3.05, 3.63) is 23.3 Å². The molecule has 0 radical (unpaired) electrons. The van der Waals surface area contributed by atoms with Crippen LogP contribution in [0.3, 0.4) is 0 Å². The van der Waals surface area contributed by atoms with Gasteiger partial charge in [-0.05, 0) is 68.6 Å². The molecular weight excluding hydrogens is 320 g/mol. The van der Waals surface area contributed by atoms with E-state index in [9.17, 15) is 5.26 Å². The van der Waals surface area contributed by atoms with Crippen molar-refractivity contribution in [1.82, 2.24) is 4.90 Å². The van der Waals surface area contributed by atoms with E-state index >= 15 is 0 Å². The Labute approximate surface area is 147 Å². The highest BCUT2D eigenvalue weighted by atomic mass is 32.2. The first kappa shape index (κ1) is 14.9. The number of rotatable bonds is 2. The van der Waals surface area contributed by atoms with Crippen molar-refractivity contribution in [1.29, 1.82) is 5.26 Å². The van der Waals surface area contributed by atoms with Gasteiger partial charge in [-0.3, -0.25) is 0 Å². The van der Waals surface area contributed by atoms with E-state index in [4.69, 9.17) is 9.47 Å². The number of piperidine rings is 1. The number of nitriles is 1. The summed E-state index contributed by atoms with van der Waals surface area (Å²) in [5, 5.41) is 11.9. The Balaban J connectivity index is 1.74. The molecule has 5 atom stereocenters. The van der Waals surface area contributed by atoms with Crippen molar-refractivity contribution in [3.8, 4) is 16.9 Å². The average molecular weight is 342 g/mol. The predicted octanol–water partition coefficient (Wildman–Crippen LogP) is 2.95. The zero-order chi connectivity index (χ0) is 16.5. The van der Waals surface area contributed by atoms with E-state index in [-0.39, 0.29) is 16.8 Å². The van der Waals surface area contributed by atoms with Gasteiger partial charge in [0, 0.05) is 17.0 Å². The number of ether oxygens (including phenoxy) is 2. The number of thioether (sulfide) groups is 1. The van der Waals surface area contributed by atoms with Crippen LogP contribution in [-0.2, 0) is 11.8 Å². The van der Waals surface area contributed by atoms with Crippen LogP contribution in [0.5, 0.6) is 11.5 Å². The molecule has 1 aromatic rings. The summed E-state index contributed by atoms with van der Waals surface area (Å²) >= 11 is 1.41. The first-order chi connectivity index (χ1) is 11.7. The number of likely N-dealkylation sites (tertiary alicyclic amines) is 1. The van der Waals surface area contributed by atoms with E-state index in [1.165, 1.54) is 29.3 Å². The van der Waals surface area contributed by atoms with Gasteiger partial charge in [-0.15, -0.1) is 0 Å². The van der Waals surface area contributed by atoms with Gasteiger partial charge in [0.05, 0.1) is 12.4 Å². The largest absolute Gasteiger partial charge is 0.493 e. The van der Waals surface area contributed by atoms with Gasteiger partial charge in [0.25, 0.3) is 0 Å². The van der Waals surface area contributed by atoms with E-state index in [1.54, 1.807) is 7.11 Å². The van der Waals surface area contributed by atoms with Crippen LogP contribution in [0, 0.1) is 16.6 Å². The quantitative estimate of drug-likeness (QED) is 0.773. The van der Waals surface area contributed by atoms with Gasteiger partial charge < -0.3 is 14.4 Å². The fourth-order valence-electron chi connectivity index (χ4n) is 6.03. The van der Waals surface area contributed by atoms with E-state index in [2.05, 4.69) is 29.5 Å². The summed E-state index contributed by atoms with van der Waals surface area (Å²) in [4.78, 5) is 2.55. The zero-order valence-corrected chi connectivity index (χ0v) is 14.9. The highest BCUT2D eigenvalue weighted by Gasteiger charge is 2.65. The molecule has 5 rings (SSSR count). The number of nitrogens with zero attached hydrogens (tertiary/aromatic N) is 2. The molecule has 1 saturated carbocycles. The van der Waals surface area contributed by atoms with Crippen LogP contribution < -0.4 is 9.47 Å². The number of methoxy groups -OCH3 is 1. The molecule has 2 aliphatic heterocycles. The Hall–Kier alpha value is -1.38. The zero-order valence-electron chi connectivity index (χ0n) is 14.1. The monoisotopic (exact) mass is 342 g/mol. The van der Waals surface area contributed by atoms with Gasteiger partial charge >= 0.3 is 0 Å². The van der Waals surface area contributed by atoms with Gasteiger partial charge in [-0.1, -0.05) is 6.07 Å². The summed E-state index contributed by atoms with van der Waals surface area (Å²) in [6.45, 7) is 1.11. The van der Waals surface area contributed by atoms with Crippen molar-refractivity contribution in [3.63, 3.8) is 0 Å². The molecule has 0 amide bonds. The molecule has 5 unspecified atom stereocenters. The van der Waals surface area contributed by atoms with Crippen molar-refractivity contribution in [2.45, 2.75) is 48.5 Å². The summed E-state index contributed by atoms with van der Waals surface area (Å²) in [6, 6.07) is 4.91. The molecule has 2 bridgehead atoms. The Morgan fingerprint density at radius 1 is 1.42 bits per heavy atom. The minimum atomic E-state index is 0.0847. The lowest BCUT2D eigenvalue weighted by Gasteiger charge is -2.58. The smallest absolute Gasteiger partial charge is 0.165 e. The van der Waals surface area contributed by atoms with Crippen LogP contribution in [0.15, 0.2) is 12.1 Å². The maximum atomic E-state index is 9.28. The molecule has 1 spiro atoms. The summed E-state index contributed by atoms with van der Waals surface area (Å²) in [5.41, 5.74) is 2.94. The van der Waals surface area contributed by atoms with Crippen LogP contribution in [0.25, 0.3) is 0 Å². The molecular formula is C19H22N2O2S. The van der Waals surface area contributed by atoms with E-state index < -0.39 is 0 Å². The molecule has 0 aromatic heterocycles. The first-order valence-electron chi connectivity index (χ1n) is 8.82. The number of likely N-dealkylation sites (N-methyl/N-ethyl adjacent to an activating group) is 1. The minimum Gasteiger partial charge on any atom is -0.493 e. The van der Waals surface area contributed by atoms with Crippen LogP contribution >= 0.6 is 11.8 Å². The lowest BCUT2D eigenvalue weighted by Crippen LogP contribution is -2.65. The van der Waals surface area contributed by atoms with Crippen LogP contribution in [0.2, 0.25) is 0 Å². The standard InChI is InChI=1S/C19H22N2O2S/c1-21-8-7-19-12-4-6-15(24-10-20)18(19)23-17-14(22-2)5-3-11(16(17)19)9-13(12)21/h3,5,12-13,15,18H,4,6-9H2,1-2H3. The van der Waals surface area contributed by atoms with Gasteiger partial charge in [0.15, 0.2) is 11.5 Å². The number of benzene rings is 1. The van der Waals surface area contributed by atoms with E-state index in [0.29, 0.717) is 12.0 Å². The summed E-state index contributed by atoms with van der Waals surface area (Å²) < 4.78 is 12.2. The van der Waals surface area contributed by atoms with Crippen LogP contribution in [0.1, 0.15) is 30.4 Å². The predicted molar refractivity (Wildman–Crippen MR) is 93.5 cm³/mol. The average Bonchev–Trinajstić information content (AvgIpc) is 2.94. The number of hydrogen-bond donors (Lipinski definition) is 0. The number of thiocyanates is 1. The fourth-order valence-corrected chi connectivity index (χ4v) is 6.84. The molecule has 2 aliphatic carbocycles. The maximum absolute atomic E-state index is 9.28. The van der Waals surface area contributed by atoms with E-state index in [0.717, 1.165) is 37.3 Å². The molecule has 4 nitrogen and oxygen atoms in total. The van der Waals surface area contributed by atoms with Gasteiger partial charge in [0.2, 0.25) is 0 Å². The van der Waals surface area contributed by atoms with Crippen molar-refractivity contribution >= 4 is 11.8 Å². The van der Waals surface area contributed by atoms with Crippen molar-refractivity contribution in [2.24, 2.45) is 5.92 Å². The third-order valence-corrected chi connectivity index (χ3v) is 7.84. The van der Waals surface area contributed by atoms with E-state index in [1.807, 2.05) is 0 Å². The summed E-state index contributed by atoms with van der Waals surface area (Å²) in [6.07, 6.45) is 4.63. The molecule has 24 heavy (non-hydrogen) atoms. The summed E-state index contributed by atoms with van der Waals surface area (Å²) in [5.74, 6) is 2.46. The molecule has 2 fully saturated rings. The normalized spacial score (nSPS) is 38.9. The molecule has 0 N–H and O–H groups in total. The van der Waals surface area contributed by atoms with Crippen molar-refractivity contribution < 1.29 is 9.47 Å². The van der Waals surface area contributed by atoms with Gasteiger partial charge in [-0.2, -0.15) is 5.26 Å². The highest BCUT2D eigenvalue weighted by Crippen LogP contribution is 2.64. The molecule has 2 heterocycles. The van der Waals surface area contributed by atoms with Gasteiger partial charge in [-0.25, -0.2) is 0 Å². The maximum Gasteiger partial charge on any atom is 0.165 e. The topological polar surface area (TPSA) is 45.5 Å². The third kappa shape index (κ3) is 1.64. The second kappa shape index (κ2) is 5.06. The van der Waals surface area contributed by atoms with Crippen LogP contribution in [0.4, 0.5) is 0 Å².